The van der Waals surface area contributed by atoms with Crippen molar-refractivity contribution in [3.8, 4) is 0 Å². The molecule has 0 saturated heterocycles. The molecule has 0 saturated carbocycles. The Morgan fingerprint density at radius 1 is 1.29 bits per heavy atom. The zero-order valence-electron chi connectivity index (χ0n) is 10.5. The SMILES string of the molecule is CC(C)N(C)c1cc(CO)nc2ccccc12. The summed E-state index contributed by atoms with van der Waals surface area (Å²) >= 11 is 0. The second-order valence-electron chi connectivity index (χ2n) is 4.51. The molecule has 0 aliphatic carbocycles. The molecule has 1 aromatic heterocycles. The number of anilines is 1. The lowest BCUT2D eigenvalue weighted by atomic mass is 10.1. The highest BCUT2D eigenvalue weighted by Crippen LogP contribution is 2.27. The fraction of sp³-hybridized carbons (Fsp3) is 0.357. The summed E-state index contributed by atoms with van der Waals surface area (Å²) in [6.45, 7) is 4.27. The van der Waals surface area contributed by atoms with Crippen molar-refractivity contribution in [2.24, 2.45) is 0 Å². The Morgan fingerprint density at radius 3 is 2.65 bits per heavy atom. The molecule has 0 spiro atoms. The Kier molecular flexibility index (Phi) is 3.29. The number of nitrogens with zero attached hydrogens (tertiary/aromatic N) is 2. The van der Waals surface area contributed by atoms with E-state index in [1.165, 1.54) is 0 Å². The summed E-state index contributed by atoms with van der Waals surface area (Å²) in [5, 5.41) is 10.4. The van der Waals surface area contributed by atoms with E-state index in [0.717, 1.165) is 16.6 Å². The Bertz CT molecular complexity index is 523. The Morgan fingerprint density at radius 2 is 2.00 bits per heavy atom. The van der Waals surface area contributed by atoms with Gasteiger partial charge in [0.05, 0.1) is 17.8 Å². The molecule has 3 heteroatoms. The van der Waals surface area contributed by atoms with Gasteiger partial charge in [-0.25, -0.2) is 0 Å². The number of hydrogen-bond donors (Lipinski definition) is 1. The van der Waals surface area contributed by atoms with E-state index in [0.29, 0.717) is 11.7 Å². The fourth-order valence-corrected chi connectivity index (χ4v) is 1.86. The lowest BCUT2D eigenvalue weighted by Gasteiger charge is -2.25. The fourth-order valence-electron chi connectivity index (χ4n) is 1.86. The third-order valence-electron chi connectivity index (χ3n) is 3.06. The predicted molar refractivity (Wildman–Crippen MR) is 71.2 cm³/mol. The first-order chi connectivity index (χ1) is 8.13. The van der Waals surface area contributed by atoms with Crippen LogP contribution in [0.25, 0.3) is 10.9 Å². The van der Waals surface area contributed by atoms with Crippen LogP contribution in [0.1, 0.15) is 19.5 Å². The van der Waals surface area contributed by atoms with E-state index >= 15 is 0 Å². The maximum atomic E-state index is 9.26. The molecule has 0 atom stereocenters. The minimum Gasteiger partial charge on any atom is -0.390 e. The minimum atomic E-state index is -0.0240. The average molecular weight is 230 g/mol. The van der Waals surface area contributed by atoms with Gasteiger partial charge in [-0.3, -0.25) is 4.98 Å². The van der Waals surface area contributed by atoms with Crippen LogP contribution in [0.3, 0.4) is 0 Å². The molecule has 0 fully saturated rings. The molecular formula is C14H18N2O. The van der Waals surface area contributed by atoms with E-state index in [1.54, 1.807) is 0 Å². The average Bonchev–Trinajstić information content (AvgIpc) is 2.36. The van der Waals surface area contributed by atoms with Crippen molar-refractivity contribution < 1.29 is 5.11 Å². The van der Waals surface area contributed by atoms with Gasteiger partial charge in [0.2, 0.25) is 0 Å². The maximum Gasteiger partial charge on any atom is 0.0854 e. The summed E-state index contributed by atoms with van der Waals surface area (Å²) in [5.41, 5.74) is 2.77. The van der Waals surface area contributed by atoms with Gasteiger partial charge in [0.25, 0.3) is 0 Å². The van der Waals surface area contributed by atoms with E-state index in [4.69, 9.17) is 0 Å². The first-order valence-corrected chi connectivity index (χ1v) is 5.86. The highest BCUT2D eigenvalue weighted by Gasteiger charge is 2.11. The maximum absolute atomic E-state index is 9.26. The highest BCUT2D eigenvalue weighted by atomic mass is 16.3. The van der Waals surface area contributed by atoms with E-state index < -0.39 is 0 Å². The lowest BCUT2D eigenvalue weighted by molar-refractivity contribution is 0.277. The normalized spacial score (nSPS) is 11.1. The molecule has 1 heterocycles. The number of aromatic nitrogens is 1. The van der Waals surface area contributed by atoms with Gasteiger partial charge < -0.3 is 10.0 Å². The number of rotatable bonds is 3. The van der Waals surface area contributed by atoms with Crippen LogP contribution in [0.2, 0.25) is 0 Å². The van der Waals surface area contributed by atoms with Crippen molar-refractivity contribution in [1.82, 2.24) is 4.98 Å². The predicted octanol–water partition coefficient (Wildman–Crippen LogP) is 2.57. The summed E-state index contributed by atoms with van der Waals surface area (Å²) in [4.78, 5) is 6.62. The van der Waals surface area contributed by atoms with Crippen molar-refractivity contribution in [2.45, 2.75) is 26.5 Å². The number of hydrogen-bond acceptors (Lipinski definition) is 3. The number of pyridine rings is 1. The molecule has 0 radical (unpaired) electrons. The summed E-state index contributed by atoms with van der Waals surface area (Å²) in [6.07, 6.45) is 0. The smallest absolute Gasteiger partial charge is 0.0854 e. The molecule has 0 unspecified atom stereocenters. The van der Waals surface area contributed by atoms with Crippen LogP contribution < -0.4 is 4.90 Å². The Hall–Kier alpha value is -1.61. The van der Waals surface area contributed by atoms with Crippen molar-refractivity contribution in [2.75, 3.05) is 11.9 Å². The molecule has 0 aliphatic heterocycles. The van der Waals surface area contributed by atoms with Crippen LogP contribution in [0, 0.1) is 0 Å². The lowest BCUT2D eigenvalue weighted by Crippen LogP contribution is -2.26. The van der Waals surface area contributed by atoms with Gasteiger partial charge in [-0.1, -0.05) is 18.2 Å². The molecule has 1 N–H and O–H groups in total. The first-order valence-electron chi connectivity index (χ1n) is 5.86. The monoisotopic (exact) mass is 230 g/mol. The molecule has 2 rings (SSSR count). The third-order valence-corrected chi connectivity index (χ3v) is 3.06. The molecule has 90 valence electrons. The molecule has 3 nitrogen and oxygen atoms in total. The van der Waals surface area contributed by atoms with Crippen molar-refractivity contribution in [1.29, 1.82) is 0 Å². The molecule has 1 aromatic carbocycles. The summed E-state index contributed by atoms with van der Waals surface area (Å²) in [7, 11) is 2.06. The number of benzene rings is 1. The Balaban J connectivity index is 2.66. The molecule has 0 amide bonds. The first kappa shape index (κ1) is 11.9. The van der Waals surface area contributed by atoms with Crippen LogP contribution in [0.5, 0.6) is 0 Å². The van der Waals surface area contributed by atoms with Crippen molar-refractivity contribution >= 4 is 16.6 Å². The third kappa shape index (κ3) is 2.24. The van der Waals surface area contributed by atoms with E-state index in [1.807, 2.05) is 24.3 Å². The number of para-hydroxylation sites is 1. The summed E-state index contributed by atoms with van der Waals surface area (Å²) in [5.74, 6) is 0. The van der Waals surface area contributed by atoms with Crippen LogP contribution in [-0.2, 0) is 6.61 Å². The van der Waals surface area contributed by atoms with Gasteiger partial charge in [0, 0.05) is 24.2 Å². The standard InChI is InChI=1S/C14H18N2O/c1-10(2)16(3)14-8-11(9-17)15-13-7-5-4-6-12(13)14/h4-8,10,17H,9H2,1-3H3. The summed E-state index contributed by atoms with van der Waals surface area (Å²) < 4.78 is 0. The van der Waals surface area contributed by atoms with Gasteiger partial charge in [-0.05, 0) is 26.0 Å². The molecular weight excluding hydrogens is 212 g/mol. The van der Waals surface area contributed by atoms with Crippen molar-refractivity contribution in [3.05, 3.63) is 36.0 Å². The van der Waals surface area contributed by atoms with Crippen LogP contribution in [-0.4, -0.2) is 23.2 Å². The second-order valence-corrected chi connectivity index (χ2v) is 4.51. The largest absolute Gasteiger partial charge is 0.390 e. The van der Waals surface area contributed by atoms with Crippen LogP contribution >= 0.6 is 0 Å². The second kappa shape index (κ2) is 4.72. The van der Waals surface area contributed by atoms with Gasteiger partial charge in [-0.15, -0.1) is 0 Å². The van der Waals surface area contributed by atoms with E-state index in [-0.39, 0.29) is 6.61 Å². The van der Waals surface area contributed by atoms with E-state index in [2.05, 4.69) is 36.8 Å². The highest BCUT2D eigenvalue weighted by molar-refractivity contribution is 5.91. The number of aliphatic hydroxyl groups excluding tert-OH is 1. The van der Waals surface area contributed by atoms with Crippen molar-refractivity contribution in [3.63, 3.8) is 0 Å². The van der Waals surface area contributed by atoms with Gasteiger partial charge in [-0.2, -0.15) is 0 Å². The van der Waals surface area contributed by atoms with Gasteiger partial charge in [0.1, 0.15) is 0 Å². The number of aliphatic hydroxyl groups is 1. The zero-order valence-corrected chi connectivity index (χ0v) is 10.5. The quantitative estimate of drug-likeness (QED) is 0.880. The van der Waals surface area contributed by atoms with Gasteiger partial charge in [0.15, 0.2) is 0 Å². The van der Waals surface area contributed by atoms with Gasteiger partial charge >= 0.3 is 0 Å². The molecule has 17 heavy (non-hydrogen) atoms. The van der Waals surface area contributed by atoms with Crippen LogP contribution in [0.15, 0.2) is 30.3 Å². The molecule has 0 bridgehead atoms. The number of fused-ring (bicyclic) bond motifs is 1. The molecule has 0 aliphatic rings. The topological polar surface area (TPSA) is 36.4 Å². The zero-order chi connectivity index (χ0) is 12.4. The van der Waals surface area contributed by atoms with Crippen LogP contribution in [0.4, 0.5) is 5.69 Å². The minimum absolute atomic E-state index is 0.0240. The van der Waals surface area contributed by atoms with E-state index in [9.17, 15) is 5.11 Å². The Labute approximate surface area is 102 Å². The summed E-state index contributed by atoms with van der Waals surface area (Å²) in [6, 6.07) is 10.4. The molecule has 2 aromatic rings.